The summed E-state index contributed by atoms with van der Waals surface area (Å²) < 4.78 is 5.63. The molecule has 0 aromatic carbocycles. The van der Waals surface area contributed by atoms with Gasteiger partial charge in [0.15, 0.2) is 0 Å². The molecule has 1 aliphatic heterocycles. The first kappa shape index (κ1) is 14.3. The van der Waals surface area contributed by atoms with Gasteiger partial charge >= 0.3 is 0 Å². The van der Waals surface area contributed by atoms with Gasteiger partial charge in [0.2, 0.25) is 11.5 Å². The maximum atomic E-state index is 12.3. The molecule has 6 heteroatoms. The quantitative estimate of drug-likeness (QED) is 0.749. The molecule has 114 valence electrons. The van der Waals surface area contributed by atoms with Crippen molar-refractivity contribution in [3.63, 3.8) is 0 Å². The number of amides is 1. The number of fused-ring (bicyclic) bond motifs is 1. The van der Waals surface area contributed by atoms with Crippen LogP contribution in [0.1, 0.15) is 43.0 Å². The fourth-order valence-electron chi connectivity index (χ4n) is 3.19. The smallest absolute Gasteiger partial charge is 0.249 e. The molecule has 3 atom stereocenters. The molecular formula is C15H21N3O3. The van der Waals surface area contributed by atoms with Crippen LogP contribution in [0.3, 0.4) is 0 Å². The molecule has 1 aromatic rings. The van der Waals surface area contributed by atoms with Crippen molar-refractivity contribution in [2.45, 2.75) is 50.4 Å². The van der Waals surface area contributed by atoms with E-state index in [1.807, 2.05) is 6.07 Å². The molecule has 1 unspecified atom stereocenters. The van der Waals surface area contributed by atoms with Crippen molar-refractivity contribution in [1.82, 2.24) is 10.3 Å². The van der Waals surface area contributed by atoms with Gasteiger partial charge in [0, 0.05) is 18.3 Å². The summed E-state index contributed by atoms with van der Waals surface area (Å²) >= 11 is 0. The van der Waals surface area contributed by atoms with Crippen LogP contribution in [0.2, 0.25) is 0 Å². The SMILES string of the molecule is NC[C@H]1CC[C@@H](C(=O)NC2CCCc3[nH]c(=O)ccc32)O1. The molecule has 3 rings (SSSR count). The highest BCUT2D eigenvalue weighted by atomic mass is 16.5. The van der Waals surface area contributed by atoms with E-state index in [1.165, 1.54) is 6.07 Å². The van der Waals surface area contributed by atoms with Gasteiger partial charge in [-0.1, -0.05) is 0 Å². The first-order valence-electron chi connectivity index (χ1n) is 7.55. The minimum atomic E-state index is -0.397. The van der Waals surface area contributed by atoms with E-state index in [-0.39, 0.29) is 23.6 Å². The topological polar surface area (TPSA) is 97.2 Å². The maximum Gasteiger partial charge on any atom is 0.249 e. The van der Waals surface area contributed by atoms with Crippen molar-refractivity contribution >= 4 is 5.91 Å². The molecule has 0 radical (unpaired) electrons. The van der Waals surface area contributed by atoms with Gasteiger partial charge in [-0.25, -0.2) is 0 Å². The third kappa shape index (κ3) is 3.01. The van der Waals surface area contributed by atoms with Gasteiger partial charge in [-0.05, 0) is 43.7 Å². The molecule has 2 aliphatic rings. The summed E-state index contributed by atoms with van der Waals surface area (Å²) in [6.07, 6.45) is 3.85. The third-order valence-electron chi connectivity index (χ3n) is 4.31. The highest BCUT2D eigenvalue weighted by Gasteiger charge is 2.32. The zero-order chi connectivity index (χ0) is 14.8. The van der Waals surface area contributed by atoms with Gasteiger partial charge < -0.3 is 20.8 Å². The van der Waals surface area contributed by atoms with Crippen LogP contribution in [0.25, 0.3) is 0 Å². The minimum Gasteiger partial charge on any atom is -0.364 e. The molecule has 1 saturated heterocycles. The number of rotatable bonds is 3. The number of nitrogens with two attached hydrogens (primary N) is 1. The molecule has 0 bridgehead atoms. The summed E-state index contributed by atoms with van der Waals surface area (Å²) in [5.41, 5.74) is 7.43. The van der Waals surface area contributed by atoms with E-state index < -0.39 is 6.10 Å². The average molecular weight is 291 g/mol. The second kappa shape index (κ2) is 5.99. The Morgan fingerprint density at radius 1 is 1.38 bits per heavy atom. The Morgan fingerprint density at radius 2 is 2.24 bits per heavy atom. The van der Waals surface area contributed by atoms with Crippen LogP contribution in [0.15, 0.2) is 16.9 Å². The molecule has 1 fully saturated rings. The Bertz CT molecular complexity index is 584. The van der Waals surface area contributed by atoms with Gasteiger partial charge in [0.05, 0.1) is 12.1 Å². The molecule has 4 N–H and O–H groups in total. The van der Waals surface area contributed by atoms with Crippen LogP contribution in [-0.4, -0.2) is 29.6 Å². The lowest BCUT2D eigenvalue weighted by molar-refractivity contribution is -0.132. The van der Waals surface area contributed by atoms with E-state index in [2.05, 4.69) is 10.3 Å². The van der Waals surface area contributed by atoms with Gasteiger partial charge in [-0.3, -0.25) is 9.59 Å². The van der Waals surface area contributed by atoms with Gasteiger partial charge in [-0.2, -0.15) is 0 Å². The lowest BCUT2D eigenvalue weighted by atomic mass is 9.91. The van der Waals surface area contributed by atoms with Crippen LogP contribution in [0.4, 0.5) is 0 Å². The van der Waals surface area contributed by atoms with Crippen LogP contribution in [0.5, 0.6) is 0 Å². The maximum absolute atomic E-state index is 12.3. The molecule has 1 aromatic heterocycles. The second-order valence-electron chi connectivity index (χ2n) is 5.77. The summed E-state index contributed by atoms with van der Waals surface area (Å²) in [6.45, 7) is 0.456. The summed E-state index contributed by atoms with van der Waals surface area (Å²) in [4.78, 5) is 26.5. The number of H-pyrrole nitrogens is 1. The monoisotopic (exact) mass is 291 g/mol. The van der Waals surface area contributed by atoms with Gasteiger partial charge in [-0.15, -0.1) is 0 Å². The van der Waals surface area contributed by atoms with Crippen molar-refractivity contribution in [1.29, 1.82) is 0 Å². The Kier molecular flexibility index (Phi) is 4.07. The number of ether oxygens (including phenoxy) is 1. The van der Waals surface area contributed by atoms with E-state index in [9.17, 15) is 9.59 Å². The zero-order valence-corrected chi connectivity index (χ0v) is 11.9. The molecular weight excluding hydrogens is 270 g/mol. The fraction of sp³-hybridized carbons (Fsp3) is 0.600. The lowest BCUT2D eigenvalue weighted by Gasteiger charge is -2.27. The predicted molar refractivity (Wildman–Crippen MR) is 77.8 cm³/mol. The zero-order valence-electron chi connectivity index (χ0n) is 11.9. The number of hydrogen-bond donors (Lipinski definition) is 3. The number of aryl methyl sites for hydroxylation is 1. The highest BCUT2D eigenvalue weighted by molar-refractivity contribution is 5.81. The first-order chi connectivity index (χ1) is 10.2. The standard InChI is InChI=1S/C15H21N3O3/c16-8-9-4-6-13(21-9)15(20)18-12-3-1-2-11-10(12)5-7-14(19)17-11/h5,7,9,12-13H,1-4,6,8,16H2,(H,17,19)(H,18,20)/t9-,12?,13+/m1/s1. The van der Waals surface area contributed by atoms with Crippen LogP contribution < -0.4 is 16.6 Å². The summed E-state index contributed by atoms with van der Waals surface area (Å²) in [5.74, 6) is -0.0741. The average Bonchev–Trinajstić information content (AvgIpc) is 2.96. The van der Waals surface area contributed by atoms with Gasteiger partial charge in [0.1, 0.15) is 6.10 Å². The van der Waals surface area contributed by atoms with Crippen molar-refractivity contribution in [3.8, 4) is 0 Å². The van der Waals surface area contributed by atoms with Crippen molar-refractivity contribution in [2.24, 2.45) is 5.73 Å². The van der Waals surface area contributed by atoms with E-state index in [4.69, 9.17) is 10.5 Å². The largest absolute Gasteiger partial charge is 0.364 e. The van der Waals surface area contributed by atoms with E-state index in [0.717, 1.165) is 43.4 Å². The van der Waals surface area contributed by atoms with Crippen LogP contribution in [-0.2, 0) is 16.0 Å². The number of aromatic nitrogens is 1. The molecule has 0 saturated carbocycles. The Labute approximate surface area is 123 Å². The Hall–Kier alpha value is -1.66. The predicted octanol–water partition coefficient (Wildman–Crippen LogP) is 0.375. The normalized spacial score (nSPS) is 28.1. The molecule has 1 amide bonds. The summed E-state index contributed by atoms with van der Waals surface area (Å²) in [6, 6.07) is 3.29. The number of pyridine rings is 1. The number of carbonyl (C=O) groups excluding carboxylic acids is 1. The third-order valence-corrected chi connectivity index (χ3v) is 4.31. The summed E-state index contributed by atoms with van der Waals surface area (Å²) in [5, 5.41) is 3.05. The van der Waals surface area contributed by atoms with Gasteiger partial charge in [0.25, 0.3) is 0 Å². The molecule has 6 nitrogen and oxygen atoms in total. The first-order valence-corrected chi connectivity index (χ1v) is 7.55. The van der Waals surface area contributed by atoms with E-state index >= 15 is 0 Å². The summed E-state index contributed by atoms with van der Waals surface area (Å²) in [7, 11) is 0. The number of nitrogens with one attached hydrogen (secondary N) is 2. The van der Waals surface area contributed by atoms with Crippen LogP contribution in [0, 0.1) is 0 Å². The Morgan fingerprint density at radius 3 is 3.00 bits per heavy atom. The molecule has 1 aliphatic carbocycles. The lowest BCUT2D eigenvalue weighted by Crippen LogP contribution is -2.39. The van der Waals surface area contributed by atoms with E-state index in [0.29, 0.717) is 6.54 Å². The second-order valence-corrected chi connectivity index (χ2v) is 5.77. The number of aromatic amines is 1. The molecule has 21 heavy (non-hydrogen) atoms. The number of carbonyl (C=O) groups is 1. The van der Waals surface area contributed by atoms with Crippen molar-refractivity contribution < 1.29 is 9.53 Å². The van der Waals surface area contributed by atoms with E-state index in [1.54, 1.807) is 0 Å². The molecule has 0 spiro atoms. The van der Waals surface area contributed by atoms with Crippen molar-refractivity contribution in [2.75, 3.05) is 6.54 Å². The Balaban J connectivity index is 1.69. The highest BCUT2D eigenvalue weighted by Crippen LogP contribution is 2.28. The van der Waals surface area contributed by atoms with Crippen LogP contribution >= 0.6 is 0 Å². The van der Waals surface area contributed by atoms with Crippen molar-refractivity contribution in [3.05, 3.63) is 33.7 Å². The molecule has 2 heterocycles. The minimum absolute atomic E-state index is 0.00394. The number of hydrogen-bond acceptors (Lipinski definition) is 4. The fourth-order valence-corrected chi connectivity index (χ4v) is 3.19.